The van der Waals surface area contributed by atoms with Gasteiger partial charge in [0.05, 0.1) is 11.1 Å². The fourth-order valence-electron chi connectivity index (χ4n) is 2.99. The predicted octanol–water partition coefficient (Wildman–Crippen LogP) is 2.84. The molecule has 28 heavy (non-hydrogen) atoms. The minimum atomic E-state index is -0.686. The smallest absolute Gasteiger partial charge is 0.273 e. The molecule has 2 aromatic heterocycles. The van der Waals surface area contributed by atoms with Crippen LogP contribution in [0.1, 0.15) is 10.4 Å². The van der Waals surface area contributed by atoms with E-state index in [1.165, 1.54) is 10.8 Å². The zero-order chi connectivity index (χ0) is 19.7. The summed E-state index contributed by atoms with van der Waals surface area (Å²) in [5, 5.41) is 14.6. The van der Waals surface area contributed by atoms with Gasteiger partial charge >= 0.3 is 0 Å². The molecule has 0 fully saturated rings. The standard InChI is InChI=1S/C21H16N3O3P/c25-18-16-7-4-12-22-19(16)24(14-5-2-1-3-6-14)21(27)17(18)20(26)23-13-8-10-15(28)11-9-13/h1-12,25H,28H2,(H,23,26). The number of para-hydroxylation sites is 1. The van der Waals surface area contributed by atoms with Gasteiger partial charge in [-0.3, -0.25) is 14.2 Å². The summed E-state index contributed by atoms with van der Waals surface area (Å²) < 4.78 is 1.33. The molecular formula is C21H16N3O3P. The number of pyridine rings is 2. The number of hydrogen-bond donors (Lipinski definition) is 2. The Balaban J connectivity index is 1.92. The number of nitrogens with one attached hydrogen (secondary N) is 1. The Morgan fingerprint density at radius 3 is 2.43 bits per heavy atom. The highest BCUT2D eigenvalue weighted by Crippen LogP contribution is 2.27. The van der Waals surface area contributed by atoms with Gasteiger partial charge in [0.1, 0.15) is 11.3 Å². The molecule has 0 aliphatic rings. The van der Waals surface area contributed by atoms with E-state index in [1.54, 1.807) is 48.5 Å². The third-order valence-electron chi connectivity index (χ3n) is 4.32. The van der Waals surface area contributed by atoms with Crippen molar-refractivity contribution in [3.05, 3.63) is 88.8 Å². The molecule has 1 amide bonds. The summed E-state index contributed by atoms with van der Waals surface area (Å²) in [5.74, 6) is -1.07. The molecule has 2 heterocycles. The molecule has 1 unspecified atom stereocenters. The summed E-state index contributed by atoms with van der Waals surface area (Å²) in [4.78, 5) is 30.3. The third kappa shape index (κ3) is 3.15. The number of nitrogens with zero attached hydrogens (tertiary/aromatic N) is 2. The molecule has 4 rings (SSSR count). The molecule has 4 aromatic rings. The van der Waals surface area contributed by atoms with Gasteiger partial charge in [0.2, 0.25) is 0 Å². The van der Waals surface area contributed by atoms with Gasteiger partial charge in [0.25, 0.3) is 11.5 Å². The Kier molecular flexibility index (Phi) is 4.63. The van der Waals surface area contributed by atoms with Crippen LogP contribution in [0.4, 0.5) is 5.69 Å². The number of aromatic hydroxyl groups is 1. The Bertz CT molecular complexity index is 1240. The van der Waals surface area contributed by atoms with Crippen LogP contribution in [-0.2, 0) is 0 Å². The van der Waals surface area contributed by atoms with Crippen molar-refractivity contribution in [3.63, 3.8) is 0 Å². The van der Waals surface area contributed by atoms with Gasteiger partial charge in [-0.25, -0.2) is 4.98 Å². The molecule has 0 radical (unpaired) electrons. The van der Waals surface area contributed by atoms with Crippen LogP contribution >= 0.6 is 9.24 Å². The van der Waals surface area contributed by atoms with Crippen LogP contribution in [0, 0.1) is 0 Å². The maximum atomic E-state index is 13.2. The van der Waals surface area contributed by atoms with E-state index in [2.05, 4.69) is 19.5 Å². The van der Waals surface area contributed by atoms with Gasteiger partial charge in [0.15, 0.2) is 5.65 Å². The second-order valence-electron chi connectivity index (χ2n) is 6.15. The molecule has 0 saturated carbocycles. The van der Waals surface area contributed by atoms with Gasteiger partial charge in [-0.2, -0.15) is 0 Å². The molecule has 138 valence electrons. The summed E-state index contributed by atoms with van der Waals surface area (Å²) in [6.07, 6.45) is 1.53. The van der Waals surface area contributed by atoms with Crippen LogP contribution in [0.2, 0.25) is 0 Å². The van der Waals surface area contributed by atoms with Crippen LogP contribution in [0.15, 0.2) is 77.7 Å². The van der Waals surface area contributed by atoms with Crippen molar-refractivity contribution in [2.24, 2.45) is 0 Å². The molecule has 2 N–H and O–H groups in total. The number of anilines is 1. The number of hydrogen-bond acceptors (Lipinski definition) is 4. The molecule has 0 aliphatic carbocycles. The van der Waals surface area contributed by atoms with Gasteiger partial charge in [-0.15, -0.1) is 9.24 Å². The lowest BCUT2D eigenvalue weighted by molar-refractivity contribution is 0.102. The molecule has 0 aliphatic heterocycles. The second kappa shape index (κ2) is 7.25. The number of benzene rings is 2. The average molecular weight is 389 g/mol. The topological polar surface area (TPSA) is 84.2 Å². The van der Waals surface area contributed by atoms with Crippen molar-refractivity contribution in [2.45, 2.75) is 0 Å². The maximum Gasteiger partial charge on any atom is 0.273 e. The minimum absolute atomic E-state index is 0.278. The van der Waals surface area contributed by atoms with Crippen molar-refractivity contribution in [1.29, 1.82) is 0 Å². The number of carbonyl (C=O) groups excluding carboxylic acids is 1. The lowest BCUT2D eigenvalue weighted by Crippen LogP contribution is -2.29. The number of amides is 1. The Hall–Kier alpha value is -3.50. The van der Waals surface area contributed by atoms with E-state index in [1.807, 2.05) is 18.2 Å². The molecule has 0 bridgehead atoms. The molecule has 2 aromatic carbocycles. The van der Waals surface area contributed by atoms with Crippen molar-refractivity contribution in [3.8, 4) is 11.4 Å². The highest BCUT2D eigenvalue weighted by molar-refractivity contribution is 7.27. The molecule has 1 atom stereocenters. The summed E-state index contributed by atoms with van der Waals surface area (Å²) in [6, 6.07) is 19.2. The first-order valence-electron chi connectivity index (χ1n) is 8.51. The van der Waals surface area contributed by atoms with Gasteiger partial charge in [-0.1, -0.05) is 30.3 Å². The van der Waals surface area contributed by atoms with Gasteiger partial charge < -0.3 is 10.4 Å². The summed E-state index contributed by atoms with van der Waals surface area (Å²) in [6.45, 7) is 0. The van der Waals surface area contributed by atoms with E-state index in [0.29, 0.717) is 16.8 Å². The maximum absolute atomic E-state index is 13.2. The zero-order valence-corrected chi connectivity index (χ0v) is 15.8. The first-order chi connectivity index (χ1) is 13.6. The predicted molar refractivity (Wildman–Crippen MR) is 113 cm³/mol. The second-order valence-corrected chi connectivity index (χ2v) is 6.82. The normalized spacial score (nSPS) is 10.8. The van der Waals surface area contributed by atoms with Crippen LogP contribution < -0.4 is 16.2 Å². The minimum Gasteiger partial charge on any atom is -0.506 e. The Labute approximate surface area is 162 Å². The van der Waals surface area contributed by atoms with E-state index in [-0.39, 0.29) is 17.0 Å². The van der Waals surface area contributed by atoms with Crippen molar-refractivity contribution < 1.29 is 9.90 Å². The Morgan fingerprint density at radius 1 is 1.00 bits per heavy atom. The Morgan fingerprint density at radius 2 is 1.71 bits per heavy atom. The SMILES string of the molecule is O=C(Nc1ccc(P)cc1)c1c(O)c2cccnc2n(-c2ccccc2)c1=O. The van der Waals surface area contributed by atoms with E-state index >= 15 is 0 Å². The highest BCUT2D eigenvalue weighted by Gasteiger charge is 2.23. The van der Waals surface area contributed by atoms with E-state index in [0.717, 1.165) is 5.30 Å². The van der Waals surface area contributed by atoms with Crippen LogP contribution in [0.3, 0.4) is 0 Å². The van der Waals surface area contributed by atoms with Crippen LogP contribution in [0.25, 0.3) is 16.7 Å². The van der Waals surface area contributed by atoms with Crippen molar-refractivity contribution in [1.82, 2.24) is 9.55 Å². The summed E-state index contributed by atoms with van der Waals surface area (Å²) in [5.41, 5.74) is 0.375. The average Bonchev–Trinajstić information content (AvgIpc) is 2.71. The monoisotopic (exact) mass is 389 g/mol. The summed E-state index contributed by atoms with van der Waals surface area (Å²) >= 11 is 0. The molecular weight excluding hydrogens is 373 g/mol. The van der Waals surface area contributed by atoms with Crippen LogP contribution in [0.5, 0.6) is 5.75 Å². The third-order valence-corrected chi connectivity index (χ3v) is 4.70. The van der Waals surface area contributed by atoms with Crippen molar-refractivity contribution in [2.75, 3.05) is 5.32 Å². The lowest BCUT2D eigenvalue weighted by atomic mass is 10.1. The highest BCUT2D eigenvalue weighted by atomic mass is 31.0. The van der Waals surface area contributed by atoms with Gasteiger partial charge in [-0.05, 0) is 41.7 Å². The fraction of sp³-hybridized carbons (Fsp3) is 0. The lowest BCUT2D eigenvalue weighted by Gasteiger charge is -2.14. The van der Waals surface area contributed by atoms with E-state index in [9.17, 15) is 14.7 Å². The molecule has 0 spiro atoms. The number of aromatic nitrogens is 2. The molecule has 0 saturated heterocycles. The number of rotatable bonds is 3. The van der Waals surface area contributed by atoms with Gasteiger partial charge in [0, 0.05) is 11.9 Å². The van der Waals surface area contributed by atoms with E-state index in [4.69, 9.17) is 0 Å². The first kappa shape index (κ1) is 17.9. The largest absolute Gasteiger partial charge is 0.506 e. The summed E-state index contributed by atoms with van der Waals surface area (Å²) in [7, 11) is 2.56. The molecule has 6 nitrogen and oxygen atoms in total. The quantitative estimate of drug-likeness (QED) is 0.528. The first-order valence-corrected chi connectivity index (χ1v) is 9.09. The zero-order valence-electron chi connectivity index (χ0n) is 14.7. The fourth-order valence-corrected chi connectivity index (χ4v) is 3.18. The number of carbonyl (C=O) groups is 1. The van der Waals surface area contributed by atoms with Crippen LogP contribution in [-0.4, -0.2) is 20.6 Å². The van der Waals surface area contributed by atoms with Crippen molar-refractivity contribution >= 4 is 37.2 Å². The number of fused-ring (bicyclic) bond motifs is 1. The molecule has 7 heteroatoms. The van der Waals surface area contributed by atoms with E-state index < -0.39 is 11.5 Å².